The molecule has 0 atom stereocenters. The van der Waals surface area contributed by atoms with Gasteiger partial charge in [0.2, 0.25) is 0 Å². The molecule has 0 spiro atoms. The molecule has 0 aliphatic heterocycles. The van der Waals surface area contributed by atoms with Gasteiger partial charge < -0.3 is 5.11 Å². The van der Waals surface area contributed by atoms with E-state index >= 15 is 0 Å². The Hall–Kier alpha value is -0.790. The summed E-state index contributed by atoms with van der Waals surface area (Å²) in [7, 11) is 0. The highest BCUT2D eigenvalue weighted by Crippen LogP contribution is 2.57. The van der Waals surface area contributed by atoms with Crippen LogP contribution in [0.15, 0.2) is 11.6 Å². The number of allylic oxidation sites excluding steroid dienone is 1. The van der Waals surface area contributed by atoms with Gasteiger partial charge in [0.1, 0.15) is 0 Å². The number of hydrogen-bond acceptors (Lipinski definition) is 1. The predicted molar refractivity (Wildman–Crippen MR) is 71.2 cm³/mol. The van der Waals surface area contributed by atoms with Crippen molar-refractivity contribution in [3.63, 3.8) is 0 Å². The quantitative estimate of drug-likeness (QED) is 0.767. The maximum Gasteiger partial charge on any atom is 0.330 e. The van der Waals surface area contributed by atoms with Crippen LogP contribution in [0, 0.1) is 29.6 Å². The van der Waals surface area contributed by atoms with Crippen LogP contribution >= 0.6 is 0 Å². The fourth-order valence-corrected chi connectivity index (χ4v) is 5.09. The SMILES string of the molecule is C/C(=C\CCC1C2CC3CC(C2)CC1C3)C(=O)O. The minimum absolute atomic E-state index is 0.513. The molecule has 0 heterocycles. The summed E-state index contributed by atoms with van der Waals surface area (Å²) >= 11 is 0. The zero-order valence-electron chi connectivity index (χ0n) is 11.3. The smallest absolute Gasteiger partial charge is 0.330 e. The molecule has 100 valence electrons. The van der Waals surface area contributed by atoms with Crippen molar-refractivity contribution in [2.24, 2.45) is 29.6 Å². The van der Waals surface area contributed by atoms with Gasteiger partial charge in [-0.05, 0) is 81.5 Å². The Bertz CT molecular complexity index is 341. The first kappa shape index (κ1) is 12.3. The summed E-state index contributed by atoms with van der Waals surface area (Å²) < 4.78 is 0. The van der Waals surface area contributed by atoms with Gasteiger partial charge in [-0.25, -0.2) is 4.79 Å². The lowest BCUT2D eigenvalue weighted by molar-refractivity contribution is -0.132. The maximum atomic E-state index is 10.8. The van der Waals surface area contributed by atoms with Crippen molar-refractivity contribution in [2.45, 2.75) is 51.9 Å². The molecule has 4 rings (SSSR count). The van der Waals surface area contributed by atoms with Gasteiger partial charge in [0.05, 0.1) is 0 Å². The Morgan fingerprint density at radius 2 is 1.67 bits per heavy atom. The van der Waals surface area contributed by atoms with Crippen LogP contribution in [0.2, 0.25) is 0 Å². The van der Waals surface area contributed by atoms with Crippen LogP contribution in [0.5, 0.6) is 0 Å². The molecule has 18 heavy (non-hydrogen) atoms. The number of carboxylic acids is 1. The summed E-state index contributed by atoms with van der Waals surface area (Å²) in [6.45, 7) is 1.71. The Labute approximate surface area is 109 Å². The zero-order chi connectivity index (χ0) is 12.7. The highest BCUT2D eigenvalue weighted by molar-refractivity contribution is 5.85. The maximum absolute atomic E-state index is 10.8. The van der Waals surface area contributed by atoms with E-state index in [1.54, 1.807) is 6.92 Å². The second-order valence-electron chi connectivity index (χ2n) is 6.86. The van der Waals surface area contributed by atoms with Crippen LogP contribution < -0.4 is 0 Å². The van der Waals surface area contributed by atoms with E-state index in [1.165, 1.54) is 38.5 Å². The first-order chi connectivity index (χ1) is 8.63. The summed E-state index contributed by atoms with van der Waals surface area (Å²) in [6.07, 6.45) is 11.5. The van der Waals surface area contributed by atoms with Crippen molar-refractivity contribution < 1.29 is 9.90 Å². The van der Waals surface area contributed by atoms with E-state index in [9.17, 15) is 4.79 Å². The average molecular weight is 248 g/mol. The first-order valence-corrected chi connectivity index (χ1v) is 7.53. The van der Waals surface area contributed by atoms with E-state index in [0.717, 1.165) is 36.0 Å². The summed E-state index contributed by atoms with van der Waals surface area (Å²) in [5, 5.41) is 8.85. The van der Waals surface area contributed by atoms with Crippen molar-refractivity contribution in [1.82, 2.24) is 0 Å². The van der Waals surface area contributed by atoms with Crippen LogP contribution in [0.25, 0.3) is 0 Å². The summed E-state index contributed by atoms with van der Waals surface area (Å²) in [5.41, 5.74) is 0.513. The second kappa shape index (κ2) is 4.71. The molecule has 1 N–H and O–H groups in total. The molecule has 0 aromatic rings. The monoisotopic (exact) mass is 248 g/mol. The minimum Gasteiger partial charge on any atom is -0.478 e. The Morgan fingerprint density at radius 3 is 2.17 bits per heavy atom. The largest absolute Gasteiger partial charge is 0.478 e. The fraction of sp³-hybridized carbons (Fsp3) is 0.812. The standard InChI is InChI=1S/C16H24O2/c1-10(16(17)18)3-2-4-15-13-6-11-5-12(8-13)9-14(15)7-11/h3,11-15H,2,4-9H2,1H3,(H,17,18)/b10-3+. The molecule has 2 nitrogen and oxygen atoms in total. The van der Waals surface area contributed by atoms with E-state index in [0.29, 0.717) is 5.57 Å². The van der Waals surface area contributed by atoms with Crippen molar-refractivity contribution in [1.29, 1.82) is 0 Å². The highest BCUT2D eigenvalue weighted by atomic mass is 16.4. The number of hydrogen-bond donors (Lipinski definition) is 1. The summed E-state index contributed by atoms with van der Waals surface area (Å²) in [6, 6.07) is 0. The molecule has 0 saturated heterocycles. The molecular formula is C16H24O2. The number of rotatable bonds is 4. The lowest BCUT2D eigenvalue weighted by Gasteiger charge is -2.54. The summed E-state index contributed by atoms with van der Waals surface area (Å²) in [4.78, 5) is 10.8. The predicted octanol–water partition coefficient (Wildman–Crippen LogP) is 3.87. The molecule has 4 saturated carbocycles. The minimum atomic E-state index is -0.764. The molecule has 0 unspecified atom stereocenters. The van der Waals surface area contributed by atoms with Gasteiger partial charge in [0, 0.05) is 5.57 Å². The van der Waals surface area contributed by atoms with Crippen molar-refractivity contribution in [3.8, 4) is 0 Å². The molecule has 0 radical (unpaired) electrons. The first-order valence-electron chi connectivity index (χ1n) is 7.53. The van der Waals surface area contributed by atoms with Crippen LogP contribution in [0.3, 0.4) is 0 Å². The molecule has 4 bridgehead atoms. The molecule has 4 fully saturated rings. The molecule has 0 aromatic carbocycles. The Kier molecular flexibility index (Phi) is 3.21. The van der Waals surface area contributed by atoms with Gasteiger partial charge >= 0.3 is 5.97 Å². The van der Waals surface area contributed by atoms with Gasteiger partial charge in [-0.1, -0.05) is 6.08 Å². The number of carbonyl (C=O) groups is 1. The van der Waals surface area contributed by atoms with Gasteiger partial charge in [-0.2, -0.15) is 0 Å². The van der Waals surface area contributed by atoms with Gasteiger partial charge in [0.15, 0.2) is 0 Å². The molecule has 2 heteroatoms. The van der Waals surface area contributed by atoms with Gasteiger partial charge in [0.25, 0.3) is 0 Å². The van der Waals surface area contributed by atoms with Gasteiger partial charge in [-0.15, -0.1) is 0 Å². The van der Waals surface area contributed by atoms with E-state index in [2.05, 4.69) is 0 Å². The third kappa shape index (κ3) is 2.22. The summed E-state index contributed by atoms with van der Waals surface area (Å²) in [5.74, 6) is 4.16. The molecule has 0 aromatic heterocycles. The topological polar surface area (TPSA) is 37.3 Å². The van der Waals surface area contributed by atoms with E-state index in [4.69, 9.17) is 5.11 Å². The normalized spacial score (nSPS) is 42.3. The van der Waals surface area contributed by atoms with Crippen LogP contribution in [0.1, 0.15) is 51.9 Å². The zero-order valence-corrected chi connectivity index (χ0v) is 11.3. The number of aliphatic carboxylic acids is 1. The van der Waals surface area contributed by atoms with Crippen molar-refractivity contribution in [3.05, 3.63) is 11.6 Å². The second-order valence-corrected chi connectivity index (χ2v) is 6.86. The third-order valence-electron chi connectivity index (χ3n) is 5.71. The fourth-order valence-electron chi connectivity index (χ4n) is 5.09. The Balaban J connectivity index is 1.57. The molecule has 4 aliphatic carbocycles. The molecule has 0 amide bonds. The van der Waals surface area contributed by atoms with E-state index < -0.39 is 5.97 Å². The highest BCUT2D eigenvalue weighted by Gasteiger charge is 2.47. The van der Waals surface area contributed by atoms with Crippen LogP contribution in [-0.4, -0.2) is 11.1 Å². The third-order valence-corrected chi connectivity index (χ3v) is 5.71. The average Bonchev–Trinajstić information content (AvgIpc) is 2.31. The van der Waals surface area contributed by atoms with Crippen LogP contribution in [-0.2, 0) is 4.79 Å². The lowest BCUT2D eigenvalue weighted by atomic mass is 9.51. The molecule has 4 aliphatic rings. The van der Waals surface area contributed by atoms with Crippen LogP contribution in [0.4, 0.5) is 0 Å². The van der Waals surface area contributed by atoms with E-state index in [-0.39, 0.29) is 0 Å². The van der Waals surface area contributed by atoms with Gasteiger partial charge in [-0.3, -0.25) is 0 Å². The van der Waals surface area contributed by atoms with Crippen molar-refractivity contribution >= 4 is 5.97 Å². The number of carboxylic acid groups (broad SMARTS) is 1. The van der Waals surface area contributed by atoms with Crippen molar-refractivity contribution in [2.75, 3.05) is 0 Å². The lowest BCUT2D eigenvalue weighted by Crippen LogP contribution is -2.44. The Morgan fingerprint density at radius 1 is 1.11 bits per heavy atom. The van der Waals surface area contributed by atoms with E-state index in [1.807, 2.05) is 6.08 Å². The molecular weight excluding hydrogens is 224 g/mol.